The van der Waals surface area contributed by atoms with Gasteiger partial charge in [0, 0.05) is 23.1 Å². The molecule has 27 heavy (non-hydrogen) atoms. The molecule has 0 saturated carbocycles. The van der Waals surface area contributed by atoms with Gasteiger partial charge in [0.15, 0.2) is 11.0 Å². The summed E-state index contributed by atoms with van der Waals surface area (Å²) in [6.45, 7) is 4.58. The Morgan fingerprint density at radius 1 is 1.44 bits per heavy atom. The van der Waals surface area contributed by atoms with Gasteiger partial charge in [-0.1, -0.05) is 29.9 Å². The zero-order valence-corrected chi connectivity index (χ0v) is 16.6. The normalized spacial score (nSPS) is 16.3. The molecule has 3 rings (SSSR count). The second-order valence-corrected chi connectivity index (χ2v) is 7.43. The van der Waals surface area contributed by atoms with Crippen molar-refractivity contribution in [2.45, 2.75) is 30.6 Å². The summed E-state index contributed by atoms with van der Waals surface area (Å²) in [6, 6.07) is 7.54. The fourth-order valence-electron chi connectivity index (χ4n) is 2.71. The van der Waals surface area contributed by atoms with E-state index in [0.29, 0.717) is 28.4 Å². The lowest BCUT2D eigenvalue weighted by Gasteiger charge is -2.13. The lowest BCUT2D eigenvalue weighted by molar-refractivity contribution is -0.130. The van der Waals surface area contributed by atoms with E-state index in [1.165, 1.54) is 11.8 Å². The Balaban J connectivity index is 1.81. The molecule has 1 atom stereocenters. The molecule has 0 spiro atoms. The van der Waals surface area contributed by atoms with Gasteiger partial charge in [-0.05, 0) is 37.1 Å². The van der Waals surface area contributed by atoms with Crippen molar-refractivity contribution in [3.05, 3.63) is 41.7 Å². The van der Waals surface area contributed by atoms with Crippen LogP contribution in [-0.4, -0.2) is 46.2 Å². The predicted molar refractivity (Wildman–Crippen MR) is 104 cm³/mol. The number of hydrogen-bond donors (Lipinski definition) is 1. The summed E-state index contributed by atoms with van der Waals surface area (Å²) in [5.41, 5.74) is 0.866. The minimum Gasteiger partial charge on any atom is -0.497 e. The summed E-state index contributed by atoms with van der Waals surface area (Å²) >= 11 is 7.32. The Hall–Kier alpha value is -2.03. The third-order valence-corrected chi connectivity index (χ3v) is 5.34. The fourth-order valence-corrected chi connectivity index (χ4v) is 3.59. The number of aromatic nitrogens is 3. The molecule has 1 aliphatic rings. The summed E-state index contributed by atoms with van der Waals surface area (Å²) in [4.78, 5) is 12.2. The highest BCUT2D eigenvalue weighted by Gasteiger charge is 2.24. The standard InChI is InChI=1S/C18H21ClN4O3S/c1-12(19)11-27-18-22-21-16(10-20-17(24)15-4-3-9-26-15)23(18)13-5-7-14(25-2)8-6-13/h5-8,15H,1,3-4,9-11H2,2H3,(H,20,24)/t15-/m1/s1. The van der Waals surface area contributed by atoms with Crippen LogP contribution in [0, 0.1) is 0 Å². The molecule has 0 unspecified atom stereocenters. The van der Waals surface area contributed by atoms with E-state index < -0.39 is 0 Å². The molecule has 0 bridgehead atoms. The molecule has 1 aromatic heterocycles. The maximum absolute atomic E-state index is 12.2. The number of methoxy groups -OCH3 is 1. The first-order valence-corrected chi connectivity index (χ1v) is 9.89. The molecule has 0 radical (unpaired) electrons. The van der Waals surface area contributed by atoms with Gasteiger partial charge in [0.05, 0.1) is 13.7 Å². The average molecular weight is 409 g/mol. The van der Waals surface area contributed by atoms with E-state index in [-0.39, 0.29) is 18.6 Å². The van der Waals surface area contributed by atoms with Gasteiger partial charge in [-0.25, -0.2) is 0 Å². The van der Waals surface area contributed by atoms with Crippen LogP contribution in [0.1, 0.15) is 18.7 Å². The van der Waals surface area contributed by atoms with Crippen molar-refractivity contribution in [3.8, 4) is 11.4 Å². The molecule has 1 amide bonds. The van der Waals surface area contributed by atoms with Crippen molar-refractivity contribution in [2.24, 2.45) is 0 Å². The molecule has 1 aromatic carbocycles. The number of ether oxygens (including phenoxy) is 2. The second kappa shape index (κ2) is 9.25. The molecule has 1 saturated heterocycles. The molecule has 1 aliphatic heterocycles. The predicted octanol–water partition coefficient (Wildman–Crippen LogP) is 2.92. The number of halogens is 1. The first-order valence-electron chi connectivity index (χ1n) is 8.52. The number of amides is 1. The zero-order valence-electron chi connectivity index (χ0n) is 15.0. The second-order valence-electron chi connectivity index (χ2n) is 5.96. The Kier molecular flexibility index (Phi) is 6.76. The van der Waals surface area contributed by atoms with E-state index in [1.807, 2.05) is 28.8 Å². The Morgan fingerprint density at radius 2 is 2.22 bits per heavy atom. The summed E-state index contributed by atoms with van der Waals surface area (Å²) in [5, 5.41) is 12.6. The molecule has 7 nitrogen and oxygen atoms in total. The molecular formula is C18H21ClN4O3S. The molecule has 0 aliphatic carbocycles. The van der Waals surface area contributed by atoms with Crippen molar-refractivity contribution in [3.63, 3.8) is 0 Å². The number of rotatable bonds is 8. The Bertz CT molecular complexity index is 803. The van der Waals surface area contributed by atoms with Gasteiger partial charge in [0.25, 0.3) is 0 Å². The molecule has 2 heterocycles. The van der Waals surface area contributed by atoms with Gasteiger partial charge in [-0.2, -0.15) is 0 Å². The van der Waals surface area contributed by atoms with Gasteiger partial charge in [-0.3, -0.25) is 9.36 Å². The lowest BCUT2D eigenvalue weighted by Crippen LogP contribution is -2.34. The highest BCUT2D eigenvalue weighted by molar-refractivity contribution is 7.99. The molecule has 2 aromatic rings. The van der Waals surface area contributed by atoms with Crippen molar-refractivity contribution in [1.82, 2.24) is 20.1 Å². The van der Waals surface area contributed by atoms with Gasteiger partial charge < -0.3 is 14.8 Å². The first-order chi connectivity index (χ1) is 13.1. The van der Waals surface area contributed by atoms with Crippen LogP contribution in [0.5, 0.6) is 5.75 Å². The minimum absolute atomic E-state index is 0.125. The number of nitrogens with one attached hydrogen (secondary N) is 1. The van der Waals surface area contributed by atoms with Crippen LogP contribution in [0.2, 0.25) is 0 Å². The van der Waals surface area contributed by atoms with Crippen LogP contribution in [0.15, 0.2) is 41.0 Å². The number of hydrogen-bond acceptors (Lipinski definition) is 6. The molecule has 1 N–H and O–H groups in total. The third-order valence-electron chi connectivity index (χ3n) is 4.03. The number of benzene rings is 1. The van der Waals surface area contributed by atoms with E-state index in [1.54, 1.807) is 7.11 Å². The van der Waals surface area contributed by atoms with E-state index in [2.05, 4.69) is 22.1 Å². The van der Waals surface area contributed by atoms with Crippen LogP contribution in [0.4, 0.5) is 0 Å². The van der Waals surface area contributed by atoms with E-state index >= 15 is 0 Å². The van der Waals surface area contributed by atoms with E-state index in [0.717, 1.165) is 24.3 Å². The number of carbonyl (C=O) groups is 1. The van der Waals surface area contributed by atoms with Gasteiger partial charge in [0.1, 0.15) is 11.9 Å². The summed E-state index contributed by atoms with van der Waals surface area (Å²) in [5.74, 6) is 1.76. The quantitative estimate of drug-likeness (QED) is 0.676. The molecule has 9 heteroatoms. The van der Waals surface area contributed by atoms with Gasteiger partial charge in [-0.15, -0.1) is 10.2 Å². The topological polar surface area (TPSA) is 78.3 Å². The molecule has 1 fully saturated rings. The molecule has 144 valence electrons. The highest BCUT2D eigenvalue weighted by atomic mass is 35.5. The largest absolute Gasteiger partial charge is 0.497 e. The monoisotopic (exact) mass is 408 g/mol. The van der Waals surface area contributed by atoms with Gasteiger partial charge >= 0.3 is 0 Å². The van der Waals surface area contributed by atoms with Crippen molar-refractivity contribution in [1.29, 1.82) is 0 Å². The minimum atomic E-state index is -0.379. The maximum atomic E-state index is 12.2. The smallest absolute Gasteiger partial charge is 0.249 e. The van der Waals surface area contributed by atoms with Crippen LogP contribution in [0.25, 0.3) is 5.69 Å². The Morgan fingerprint density at radius 3 is 2.85 bits per heavy atom. The van der Waals surface area contributed by atoms with E-state index in [9.17, 15) is 4.79 Å². The maximum Gasteiger partial charge on any atom is 0.249 e. The lowest BCUT2D eigenvalue weighted by atomic mass is 10.2. The first kappa shape index (κ1) is 19.7. The third kappa shape index (κ3) is 5.03. The highest BCUT2D eigenvalue weighted by Crippen LogP contribution is 2.25. The summed E-state index contributed by atoms with van der Waals surface area (Å²) in [7, 11) is 1.62. The fraction of sp³-hybridized carbons (Fsp3) is 0.389. The SMILES string of the molecule is C=C(Cl)CSc1nnc(CNC(=O)[C@H]2CCCO2)n1-c1ccc(OC)cc1. The molecular weight excluding hydrogens is 388 g/mol. The van der Waals surface area contributed by atoms with E-state index in [4.69, 9.17) is 21.1 Å². The average Bonchev–Trinajstić information content (AvgIpc) is 3.34. The summed E-state index contributed by atoms with van der Waals surface area (Å²) < 4.78 is 12.5. The van der Waals surface area contributed by atoms with Crippen LogP contribution >= 0.6 is 23.4 Å². The number of carbonyl (C=O) groups excluding carboxylic acids is 1. The van der Waals surface area contributed by atoms with Crippen molar-refractivity contribution < 1.29 is 14.3 Å². The number of thioether (sulfide) groups is 1. The van der Waals surface area contributed by atoms with Gasteiger partial charge in [0.2, 0.25) is 5.91 Å². The van der Waals surface area contributed by atoms with Crippen LogP contribution < -0.4 is 10.1 Å². The van der Waals surface area contributed by atoms with Crippen molar-refractivity contribution >= 4 is 29.3 Å². The van der Waals surface area contributed by atoms with Crippen LogP contribution in [-0.2, 0) is 16.1 Å². The Labute approximate surface area is 167 Å². The zero-order chi connectivity index (χ0) is 19.2. The van der Waals surface area contributed by atoms with Crippen LogP contribution in [0.3, 0.4) is 0 Å². The number of nitrogens with zero attached hydrogens (tertiary/aromatic N) is 3. The van der Waals surface area contributed by atoms with Crippen molar-refractivity contribution in [2.75, 3.05) is 19.5 Å². The summed E-state index contributed by atoms with van der Waals surface area (Å²) in [6.07, 6.45) is 1.27.